The first-order chi connectivity index (χ1) is 16.6. The van der Waals surface area contributed by atoms with E-state index >= 15 is 0 Å². The van der Waals surface area contributed by atoms with E-state index in [-0.39, 0.29) is 11.9 Å². The zero-order valence-electron chi connectivity index (χ0n) is 20.0. The molecule has 3 aromatic heterocycles. The van der Waals surface area contributed by atoms with Crippen LogP contribution in [0.1, 0.15) is 69.4 Å². The van der Waals surface area contributed by atoms with Gasteiger partial charge in [0.15, 0.2) is 0 Å². The van der Waals surface area contributed by atoms with Gasteiger partial charge >= 0.3 is 0 Å². The van der Waals surface area contributed by atoms with Gasteiger partial charge in [-0.3, -0.25) is 9.36 Å². The van der Waals surface area contributed by atoms with E-state index in [0.717, 1.165) is 68.6 Å². The van der Waals surface area contributed by atoms with Crippen molar-refractivity contribution in [1.29, 1.82) is 0 Å². The highest BCUT2D eigenvalue weighted by Gasteiger charge is 2.33. The normalized spacial score (nSPS) is 19.2. The fourth-order valence-electron chi connectivity index (χ4n) is 5.22. The molecule has 0 bridgehead atoms. The second-order valence-corrected chi connectivity index (χ2v) is 9.66. The van der Waals surface area contributed by atoms with E-state index in [9.17, 15) is 4.79 Å². The number of carbonyl (C=O) groups is 1. The number of likely N-dealkylation sites (tertiary alicyclic amines) is 1. The molecule has 5 rings (SSSR count). The molecule has 0 saturated carbocycles. The van der Waals surface area contributed by atoms with Crippen molar-refractivity contribution in [3.05, 3.63) is 60.6 Å². The second kappa shape index (κ2) is 9.91. The van der Waals surface area contributed by atoms with E-state index < -0.39 is 0 Å². The summed E-state index contributed by atoms with van der Waals surface area (Å²) < 4.78 is 2.06. The van der Waals surface area contributed by atoms with Crippen molar-refractivity contribution in [2.75, 3.05) is 24.5 Å². The predicted molar refractivity (Wildman–Crippen MR) is 131 cm³/mol. The van der Waals surface area contributed by atoms with Crippen molar-refractivity contribution < 1.29 is 4.79 Å². The maximum atomic E-state index is 13.4. The van der Waals surface area contributed by atoms with Gasteiger partial charge in [-0.15, -0.1) is 0 Å². The third-order valence-corrected chi connectivity index (χ3v) is 7.02. The number of aromatic nitrogens is 5. The first-order valence-electron chi connectivity index (χ1n) is 12.4. The highest BCUT2D eigenvalue weighted by Crippen LogP contribution is 2.33. The van der Waals surface area contributed by atoms with Crippen LogP contribution in [0, 0.1) is 5.92 Å². The Labute approximate surface area is 201 Å². The van der Waals surface area contributed by atoms with Crippen LogP contribution in [0.5, 0.6) is 0 Å². The Morgan fingerprint density at radius 3 is 2.56 bits per heavy atom. The van der Waals surface area contributed by atoms with Gasteiger partial charge in [-0.05, 0) is 49.8 Å². The van der Waals surface area contributed by atoms with Crippen LogP contribution in [0.4, 0.5) is 5.95 Å². The molecule has 0 radical (unpaired) electrons. The van der Waals surface area contributed by atoms with Gasteiger partial charge in [0.05, 0.1) is 11.7 Å². The molecule has 0 spiro atoms. The van der Waals surface area contributed by atoms with Crippen LogP contribution in [0.2, 0.25) is 0 Å². The summed E-state index contributed by atoms with van der Waals surface area (Å²) >= 11 is 0. The molecular weight excluding hydrogens is 426 g/mol. The first kappa shape index (κ1) is 22.5. The highest BCUT2D eigenvalue weighted by atomic mass is 16.2. The Hall–Kier alpha value is -3.29. The topological polar surface area (TPSA) is 80.0 Å². The highest BCUT2D eigenvalue weighted by molar-refractivity contribution is 5.77. The molecule has 2 aliphatic heterocycles. The number of nitrogens with zero attached hydrogens (tertiary/aromatic N) is 7. The van der Waals surface area contributed by atoms with Crippen molar-refractivity contribution in [3.63, 3.8) is 0 Å². The quantitative estimate of drug-likeness (QED) is 0.551. The van der Waals surface area contributed by atoms with Gasteiger partial charge in [-0.2, -0.15) is 0 Å². The third-order valence-electron chi connectivity index (χ3n) is 7.02. The van der Waals surface area contributed by atoms with Crippen LogP contribution < -0.4 is 4.90 Å². The number of anilines is 1. The van der Waals surface area contributed by atoms with Gasteiger partial charge in [-0.1, -0.05) is 19.9 Å². The van der Waals surface area contributed by atoms with Gasteiger partial charge in [0.2, 0.25) is 11.9 Å². The summed E-state index contributed by atoms with van der Waals surface area (Å²) in [6.45, 7) is 6.89. The van der Waals surface area contributed by atoms with Gasteiger partial charge in [0.1, 0.15) is 11.6 Å². The van der Waals surface area contributed by atoms with Crippen LogP contribution in [-0.4, -0.2) is 54.9 Å². The number of rotatable bonds is 6. The van der Waals surface area contributed by atoms with Crippen LogP contribution in [0.3, 0.4) is 0 Å². The molecular formula is C26H33N7O. The smallest absolute Gasteiger partial charge is 0.225 e. The number of hydrogen-bond donors (Lipinski definition) is 0. The standard InChI is InChI=1S/C26H33N7O/c1-19(2)25-27-13-17-33(25)23-8-3-6-21(30-23)22-7-4-14-32(22)24(34)18-20-9-15-31(16-10-20)26-28-11-5-12-29-26/h3,5-6,8,11-13,17,19-20,22H,4,7,9-10,14-16,18H2,1-2H3/t22-/m1/s1. The Balaban J connectivity index is 1.24. The molecule has 1 amide bonds. The summed E-state index contributed by atoms with van der Waals surface area (Å²) in [6.07, 6.45) is 11.9. The summed E-state index contributed by atoms with van der Waals surface area (Å²) in [5.41, 5.74) is 0.975. The number of carbonyl (C=O) groups excluding carboxylic acids is 1. The second-order valence-electron chi connectivity index (χ2n) is 9.66. The van der Waals surface area contributed by atoms with E-state index in [2.05, 4.69) is 49.2 Å². The van der Waals surface area contributed by atoms with E-state index in [1.807, 2.05) is 30.6 Å². The maximum absolute atomic E-state index is 13.4. The lowest BCUT2D eigenvalue weighted by atomic mass is 9.93. The fraction of sp³-hybridized carbons (Fsp3) is 0.500. The van der Waals surface area contributed by atoms with Crippen LogP contribution >= 0.6 is 0 Å². The van der Waals surface area contributed by atoms with Crippen LogP contribution in [0.25, 0.3) is 5.82 Å². The van der Waals surface area contributed by atoms with E-state index in [1.54, 1.807) is 12.4 Å². The molecule has 0 aromatic carbocycles. The molecule has 8 nitrogen and oxygen atoms in total. The molecule has 2 aliphatic rings. The van der Waals surface area contributed by atoms with Crippen molar-refractivity contribution in [3.8, 4) is 5.82 Å². The third kappa shape index (κ3) is 4.67. The number of piperidine rings is 1. The zero-order valence-corrected chi connectivity index (χ0v) is 20.0. The summed E-state index contributed by atoms with van der Waals surface area (Å²) in [5, 5.41) is 0. The zero-order chi connectivity index (χ0) is 23.5. The largest absolute Gasteiger partial charge is 0.341 e. The van der Waals surface area contributed by atoms with Crippen molar-refractivity contribution >= 4 is 11.9 Å². The molecule has 8 heteroatoms. The van der Waals surface area contributed by atoms with E-state index in [4.69, 9.17) is 4.98 Å². The summed E-state index contributed by atoms with van der Waals surface area (Å²) in [7, 11) is 0. The Morgan fingerprint density at radius 2 is 1.79 bits per heavy atom. The van der Waals surface area contributed by atoms with Crippen LogP contribution in [-0.2, 0) is 4.79 Å². The van der Waals surface area contributed by atoms with Crippen molar-refractivity contribution in [2.24, 2.45) is 5.92 Å². The molecule has 0 aliphatic carbocycles. The Bertz CT molecular complexity index is 1110. The van der Waals surface area contributed by atoms with Gasteiger partial charge in [0, 0.05) is 56.8 Å². The lowest BCUT2D eigenvalue weighted by molar-refractivity contribution is -0.133. The number of imidazole rings is 1. The SMILES string of the molecule is CC(C)c1nccn1-c1cccc([C@H]2CCCN2C(=O)CC2CCN(c3ncccn3)CC2)n1. The molecule has 2 saturated heterocycles. The number of amides is 1. The van der Waals surface area contributed by atoms with Crippen LogP contribution in [0.15, 0.2) is 49.1 Å². The summed E-state index contributed by atoms with van der Waals surface area (Å²) in [6, 6.07) is 8.01. The molecule has 0 unspecified atom stereocenters. The number of hydrogen-bond acceptors (Lipinski definition) is 6. The van der Waals surface area contributed by atoms with Gasteiger partial charge < -0.3 is 9.80 Å². The minimum absolute atomic E-state index is 0.0521. The lowest BCUT2D eigenvalue weighted by Gasteiger charge is -2.33. The van der Waals surface area contributed by atoms with E-state index in [0.29, 0.717) is 18.3 Å². The molecule has 34 heavy (non-hydrogen) atoms. The molecule has 5 heterocycles. The molecule has 2 fully saturated rings. The van der Waals surface area contributed by atoms with Gasteiger partial charge in [0.25, 0.3) is 0 Å². The average Bonchev–Trinajstić information content (AvgIpc) is 3.56. The average molecular weight is 460 g/mol. The number of pyridine rings is 1. The fourth-order valence-corrected chi connectivity index (χ4v) is 5.22. The molecule has 1 atom stereocenters. The monoisotopic (exact) mass is 459 g/mol. The van der Waals surface area contributed by atoms with E-state index in [1.165, 1.54) is 0 Å². The molecule has 178 valence electrons. The predicted octanol–water partition coefficient (Wildman–Crippen LogP) is 4.15. The maximum Gasteiger partial charge on any atom is 0.225 e. The Morgan fingerprint density at radius 1 is 1.00 bits per heavy atom. The summed E-state index contributed by atoms with van der Waals surface area (Å²) in [5.74, 6) is 3.63. The minimum Gasteiger partial charge on any atom is -0.341 e. The van der Waals surface area contributed by atoms with Crippen molar-refractivity contribution in [1.82, 2.24) is 29.4 Å². The van der Waals surface area contributed by atoms with Gasteiger partial charge in [-0.25, -0.2) is 19.9 Å². The Kier molecular flexibility index (Phi) is 6.56. The minimum atomic E-state index is 0.0521. The molecule has 0 N–H and O–H groups in total. The molecule has 3 aromatic rings. The first-order valence-corrected chi connectivity index (χ1v) is 12.4. The lowest BCUT2D eigenvalue weighted by Crippen LogP contribution is -2.38. The summed E-state index contributed by atoms with van der Waals surface area (Å²) in [4.78, 5) is 35.8. The van der Waals surface area contributed by atoms with Crippen molar-refractivity contribution in [2.45, 2.75) is 57.9 Å².